The van der Waals surface area contributed by atoms with E-state index >= 15 is 0 Å². The zero-order valence-electron chi connectivity index (χ0n) is 14.9. The number of fused-ring (bicyclic) bond motifs is 1. The fourth-order valence-corrected chi connectivity index (χ4v) is 4.65. The van der Waals surface area contributed by atoms with Gasteiger partial charge in [0.05, 0.1) is 6.61 Å². The van der Waals surface area contributed by atoms with Gasteiger partial charge in [-0.05, 0) is 5.57 Å². The van der Waals surface area contributed by atoms with Gasteiger partial charge in [-0.3, -0.25) is 14.5 Å². The number of hydrogen-bond donors (Lipinski definition) is 4. The van der Waals surface area contributed by atoms with Crippen LogP contribution in [-0.4, -0.2) is 74.0 Å². The molecule has 2 aliphatic heterocycles. The highest BCUT2D eigenvalue weighted by atomic mass is 32.2. The number of nitrogens with zero attached hydrogens (tertiary/aromatic N) is 3. The van der Waals surface area contributed by atoms with Gasteiger partial charge < -0.3 is 26.1 Å². The molecule has 13 heteroatoms. The van der Waals surface area contributed by atoms with Crippen LogP contribution in [0, 0.1) is 0 Å². The Morgan fingerprint density at radius 1 is 1.55 bits per heavy atom. The molecule has 3 rings (SSSR count). The van der Waals surface area contributed by atoms with Crippen molar-refractivity contribution in [3.8, 4) is 0 Å². The van der Waals surface area contributed by atoms with E-state index in [4.69, 9.17) is 10.6 Å². The average Bonchev–Trinajstić information content (AvgIpc) is 3.13. The molecular formula is C16H17N5O6S2. The molecule has 2 aliphatic rings. The summed E-state index contributed by atoms with van der Waals surface area (Å²) in [6.07, 6.45) is 1.44. The molecule has 2 amide bonds. The van der Waals surface area contributed by atoms with Crippen LogP contribution in [0.4, 0.5) is 5.13 Å². The lowest BCUT2D eigenvalue weighted by Crippen LogP contribution is -2.71. The molecule has 3 heterocycles. The number of amides is 2. The lowest BCUT2D eigenvalue weighted by atomic mass is 10.0. The molecule has 0 unspecified atom stereocenters. The topological polar surface area (TPSA) is 167 Å². The summed E-state index contributed by atoms with van der Waals surface area (Å²) in [4.78, 5) is 46.8. The number of carboxylic acids is 1. The van der Waals surface area contributed by atoms with E-state index in [0.717, 1.165) is 16.2 Å². The highest BCUT2D eigenvalue weighted by Crippen LogP contribution is 2.40. The standard InChI is InChI=1S/C16H17N5O6S2/c1-2-3-27-20-9(8-6-29-16(17)18-8)12(23)19-10-13(24)21-11(15(25)26)7(4-22)5-28-14(10)21/h2,6,10,14,22H,1,3-5H2,(H2,17,18)(H,19,23)(H,25,26)/b20-9-/t10-,14+/m1/s1. The Morgan fingerprint density at radius 2 is 2.31 bits per heavy atom. The minimum atomic E-state index is -1.31. The number of aliphatic carboxylic acids is 1. The second kappa shape index (κ2) is 8.63. The van der Waals surface area contributed by atoms with Crippen molar-refractivity contribution in [3.63, 3.8) is 0 Å². The lowest BCUT2D eigenvalue weighted by molar-refractivity contribution is -0.150. The summed E-state index contributed by atoms with van der Waals surface area (Å²) in [7, 11) is 0. The number of carbonyl (C=O) groups excluding carboxylic acids is 2. The summed E-state index contributed by atoms with van der Waals surface area (Å²) in [5, 5.41) is 26.2. The zero-order valence-corrected chi connectivity index (χ0v) is 16.5. The van der Waals surface area contributed by atoms with Gasteiger partial charge in [-0.2, -0.15) is 0 Å². The maximum absolute atomic E-state index is 12.7. The van der Waals surface area contributed by atoms with E-state index in [1.165, 1.54) is 23.2 Å². The third-order valence-electron chi connectivity index (χ3n) is 4.06. The summed E-state index contributed by atoms with van der Waals surface area (Å²) in [6, 6.07) is -0.956. The number of anilines is 1. The minimum absolute atomic E-state index is 0.0573. The van der Waals surface area contributed by atoms with E-state index in [1.54, 1.807) is 0 Å². The highest BCUT2D eigenvalue weighted by Gasteiger charge is 2.54. The predicted molar refractivity (Wildman–Crippen MR) is 106 cm³/mol. The Balaban J connectivity index is 1.79. The number of thioether (sulfide) groups is 1. The van der Waals surface area contributed by atoms with E-state index in [9.17, 15) is 24.6 Å². The summed E-state index contributed by atoms with van der Waals surface area (Å²) in [6.45, 7) is 3.08. The van der Waals surface area contributed by atoms with Crippen LogP contribution in [-0.2, 0) is 19.2 Å². The maximum Gasteiger partial charge on any atom is 0.352 e. The summed E-state index contributed by atoms with van der Waals surface area (Å²) in [5.74, 6) is -2.39. The van der Waals surface area contributed by atoms with Gasteiger partial charge in [-0.25, -0.2) is 9.78 Å². The highest BCUT2D eigenvalue weighted by molar-refractivity contribution is 8.00. The first-order valence-corrected chi connectivity index (χ1v) is 10.2. The quantitative estimate of drug-likeness (QED) is 0.135. The molecule has 0 radical (unpaired) electrons. The average molecular weight is 439 g/mol. The number of oxime groups is 1. The van der Waals surface area contributed by atoms with Gasteiger partial charge in [0.1, 0.15) is 29.4 Å². The Bertz CT molecular complexity index is 927. The van der Waals surface area contributed by atoms with Crippen LogP contribution in [0.5, 0.6) is 0 Å². The molecular weight excluding hydrogens is 422 g/mol. The molecule has 0 saturated carbocycles. The summed E-state index contributed by atoms with van der Waals surface area (Å²) < 4.78 is 0. The predicted octanol–water partition coefficient (Wildman–Crippen LogP) is -0.637. The second-order valence-corrected chi connectivity index (χ2v) is 7.87. The summed E-state index contributed by atoms with van der Waals surface area (Å²) in [5.41, 5.74) is 5.62. The van der Waals surface area contributed by atoms with Crippen molar-refractivity contribution in [2.24, 2.45) is 5.16 Å². The monoisotopic (exact) mass is 439 g/mol. The number of carbonyl (C=O) groups is 3. The molecule has 1 aromatic rings. The van der Waals surface area contributed by atoms with Crippen LogP contribution < -0.4 is 11.1 Å². The second-order valence-electron chi connectivity index (χ2n) is 5.87. The number of nitrogens with one attached hydrogen (secondary N) is 1. The van der Waals surface area contributed by atoms with Gasteiger partial charge in [-0.15, -0.1) is 23.1 Å². The van der Waals surface area contributed by atoms with Gasteiger partial charge >= 0.3 is 5.97 Å². The Hall–Kier alpha value is -2.90. The van der Waals surface area contributed by atoms with Crippen LogP contribution in [0.2, 0.25) is 0 Å². The van der Waals surface area contributed by atoms with Crippen molar-refractivity contribution < 1.29 is 29.4 Å². The molecule has 29 heavy (non-hydrogen) atoms. The van der Waals surface area contributed by atoms with E-state index in [2.05, 4.69) is 22.0 Å². The molecule has 1 fully saturated rings. The van der Waals surface area contributed by atoms with E-state index in [-0.39, 0.29) is 40.2 Å². The fraction of sp³-hybridized carbons (Fsp3) is 0.312. The first kappa shape index (κ1) is 20.8. The largest absolute Gasteiger partial charge is 0.477 e. The van der Waals surface area contributed by atoms with Gasteiger partial charge in [0, 0.05) is 11.1 Å². The number of carboxylic acid groups (broad SMARTS) is 1. The van der Waals surface area contributed by atoms with Crippen LogP contribution in [0.25, 0.3) is 0 Å². The molecule has 0 bridgehead atoms. The third kappa shape index (κ3) is 3.97. The first-order valence-electron chi connectivity index (χ1n) is 8.23. The number of nitrogens with two attached hydrogens (primary N) is 1. The molecule has 0 aromatic carbocycles. The normalized spacial score (nSPS) is 21.3. The van der Waals surface area contributed by atoms with E-state index < -0.39 is 35.8 Å². The lowest BCUT2D eigenvalue weighted by Gasteiger charge is -2.49. The Morgan fingerprint density at radius 3 is 2.90 bits per heavy atom. The number of thiazole rings is 1. The van der Waals surface area contributed by atoms with Crippen LogP contribution in [0.1, 0.15) is 5.69 Å². The first-order chi connectivity index (χ1) is 13.9. The SMILES string of the molecule is C=CCO/N=C(\C(=O)N[C@@H]1C(=O)N2C(C(=O)O)=C(CO)CS[C@@H]12)c1csc(N)n1. The Kier molecular flexibility index (Phi) is 6.20. The zero-order chi connectivity index (χ0) is 21.1. The van der Waals surface area contributed by atoms with Crippen molar-refractivity contribution in [1.82, 2.24) is 15.2 Å². The van der Waals surface area contributed by atoms with Crippen molar-refractivity contribution in [2.75, 3.05) is 24.7 Å². The Labute approximate surface area is 172 Å². The van der Waals surface area contributed by atoms with Crippen molar-refractivity contribution >= 4 is 51.7 Å². The van der Waals surface area contributed by atoms with Gasteiger partial charge in [0.15, 0.2) is 10.8 Å². The van der Waals surface area contributed by atoms with Crippen LogP contribution in [0.3, 0.4) is 0 Å². The molecule has 5 N–H and O–H groups in total. The fourth-order valence-electron chi connectivity index (χ4n) is 2.77. The number of aliphatic hydroxyl groups is 1. The van der Waals surface area contributed by atoms with Crippen molar-refractivity contribution in [1.29, 1.82) is 0 Å². The molecule has 11 nitrogen and oxygen atoms in total. The van der Waals surface area contributed by atoms with Crippen LogP contribution >= 0.6 is 23.1 Å². The molecule has 1 aromatic heterocycles. The number of aromatic nitrogens is 1. The van der Waals surface area contributed by atoms with Gasteiger partial charge in [-0.1, -0.05) is 17.8 Å². The number of rotatable bonds is 8. The maximum atomic E-state index is 12.7. The molecule has 0 aliphatic carbocycles. The number of aliphatic hydroxyl groups excluding tert-OH is 1. The van der Waals surface area contributed by atoms with E-state index in [1.807, 2.05) is 0 Å². The van der Waals surface area contributed by atoms with Crippen LogP contribution in [0.15, 0.2) is 34.5 Å². The summed E-state index contributed by atoms with van der Waals surface area (Å²) >= 11 is 2.35. The number of hydrogen-bond acceptors (Lipinski definition) is 10. The molecule has 0 spiro atoms. The number of nitrogen functional groups attached to an aromatic ring is 1. The third-order valence-corrected chi connectivity index (χ3v) is 6.07. The number of β-lactam (4-membered cyclic amide) rings is 1. The molecule has 1 saturated heterocycles. The smallest absolute Gasteiger partial charge is 0.352 e. The van der Waals surface area contributed by atoms with Crippen molar-refractivity contribution in [2.45, 2.75) is 11.4 Å². The van der Waals surface area contributed by atoms with E-state index in [0.29, 0.717) is 0 Å². The minimum Gasteiger partial charge on any atom is -0.477 e. The van der Waals surface area contributed by atoms with Crippen molar-refractivity contribution in [3.05, 3.63) is 35.0 Å². The molecule has 154 valence electrons. The van der Waals surface area contributed by atoms with Gasteiger partial charge in [0.25, 0.3) is 11.8 Å². The van der Waals surface area contributed by atoms with Gasteiger partial charge in [0.2, 0.25) is 0 Å². The molecule has 2 atom stereocenters.